The molecule has 2 aliphatic heterocycles. The molecular weight excluding hydrogens is 797 g/mol. The van der Waals surface area contributed by atoms with Gasteiger partial charge in [-0.1, -0.05) is 42.3 Å². The van der Waals surface area contributed by atoms with E-state index in [1.165, 1.54) is 9.87 Å². The summed E-state index contributed by atoms with van der Waals surface area (Å²) in [5.41, 5.74) is 3.91. The second-order valence-corrected chi connectivity index (χ2v) is 12.5. The molecule has 2 heterocycles. The molecule has 232 valence electrons. The van der Waals surface area contributed by atoms with Gasteiger partial charge >= 0.3 is 12.1 Å². The van der Waals surface area contributed by atoms with Crippen LogP contribution >= 0.6 is 9.84 Å². The van der Waals surface area contributed by atoms with Crippen LogP contribution in [0.4, 0.5) is 21.0 Å². The SMILES string of the molecule is CCCS(=O)(=O)N1CCC(NC(=O)Nc2ccc(C)cc2)CC1.Cc1ccc(NC(=O)NC2CCNCC2)cc1.[3H]P.[U]. The number of urea groups is 2. The second-order valence-electron chi connectivity index (χ2n) is 10.4. The van der Waals surface area contributed by atoms with Crippen molar-refractivity contribution >= 4 is 43.3 Å². The minimum absolute atomic E-state index is 0. The van der Waals surface area contributed by atoms with Crippen molar-refractivity contribution in [2.45, 2.75) is 65.0 Å². The normalized spacial score (nSPS) is 16.1. The molecule has 2 fully saturated rings. The minimum Gasteiger partial charge on any atom is -0.335 e. The van der Waals surface area contributed by atoms with Crippen molar-refractivity contribution in [2.75, 3.05) is 42.6 Å². The van der Waals surface area contributed by atoms with Gasteiger partial charge in [-0.15, -0.1) is 0 Å². The first-order chi connectivity index (χ1) is 20.1. The maximum Gasteiger partial charge on any atom is 0.319 e. The van der Waals surface area contributed by atoms with E-state index in [0.29, 0.717) is 38.4 Å². The van der Waals surface area contributed by atoms with E-state index in [-0.39, 0.29) is 55.0 Å². The molecule has 0 bridgehead atoms. The van der Waals surface area contributed by atoms with Crippen molar-refractivity contribution in [1.82, 2.24) is 20.3 Å². The van der Waals surface area contributed by atoms with Crippen LogP contribution < -0.4 is 26.6 Å². The van der Waals surface area contributed by atoms with Gasteiger partial charge in [-0.3, -0.25) is 0 Å². The molecule has 0 aliphatic carbocycles. The van der Waals surface area contributed by atoms with Gasteiger partial charge in [0.25, 0.3) is 0 Å². The number of piperidine rings is 2. The Hall–Kier alpha value is -1.67. The molecule has 1 unspecified atom stereocenters. The average Bonchev–Trinajstić information content (AvgIpc) is 2.98. The molecule has 1 atom stereocenters. The largest absolute Gasteiger partial charge is 0.335 e. The van der Waals surface area contributed by atoms with E-state index in [1.54, 1.807) is 9.84 Å². The Kier molecular flexibility index (Phi) is 17.0. The first-order valence-electron chi connectivity index (χ1n) is 14.7. The summed E-state index contributed by atoms with van der Waals surface area (Å²) in [5.74, 6) is 0.193. The third-order valence-electron chi connectivity index (χ3n) is 6.94. The Morgan fingerprint density at radius 1 is 0.833 bits per heavy atom. The number of nitrogens with zero attached hydrogens (tertiary/aromatic N) is 1. The van der Waals surface area contributed by atoms with Gasteiger partial charge in [0.05, 0.1) is 7.03 Å². The first-order valence-corrected chi connectivity index (χ1v) is 15.7. The number of hydrogen-bond donors (Lipinski definition) is 5. The van der Waals surface area contributed by atoms with Crippen molar-refractivity contribution in [2.24, 2.45) is 0 Å². The number of rotatable bonds is 7. The van der Waals surface area contributed by atoms with Crippen LogP contribution in [-0.4, -0.2) is 70.1 Å². The molecule has 13 heteroatoms. The van der Waals surface area contributed by atoms with Crippen molar-refractivity contribution < 1.29 is 49.1 Å². The molecule has 42 heavy (non-hydrogen) atoms. The summed E-state index contributed by atoms with van der Waals surface area (Å²) < 4.78 is 31.2. The molecule has 0 radical (unpaired) electrons. The van der Waals surface area contributed by atoms with Gasteiger partial charge in [-0.25, -0.2) is 22.3 Å². The van der Waals surface area contributed by atoms with Gasteiger partial charge < -0.3 is 26.6 Å². The predicted octanol–water partition coefficient (Wildman–Crippen LogP) is 4.25. The van der Waals surface area contributed by atoms with E-state index in [1.807, 2.05) is 69.3 Å². The topological polar surface area (TPSA) is 132 Å². The number of hydrogen-bond acceptors (Lipinski definition) is 5. The molecule has 10 nitrogen and oxygen atoms in total. The summed E-state index contributed by atoms with van der Waals surface area (Å²) in [5, 5.41) is 14.8. The number of carbonyl (C=O) groups excluding carboxylic acids is 2. The van der Waals surface area contributed by atoms with Gasteiger partial charge in [0.15, 0.2) is 0 Å². The number of benzene rings is 2. The van der Waals surface area contributed by atoms with Gasteiger partial charge in [0.1, 0.15) is 0 Å². The fraction of sp³-hybridized carbons (Fsp3) is 0.517. The smallest absolute Gasteiger partial charge is 0.319 e. The molecule has 5 N–H and O–H groups in total. The number of sulfonamides is 1. The van der Waals surface area contributed by atoms with Crippen LogP contribution in [0.3, 0.4) is 0 Å². The summed E-state index contributed by atoms with van der Waals surface area (Å²) in [6.07, 6.45) is 3.91. The molecule has 2 aromatic carbocycles. The van der Waals surface area contributed by atoms with Crippen LogP contribution in [0.5, 0.6) is 0 Å². The fourth-order valence-corrected chi connectivity index (χ4v) is 6.15. The van der Waals surface area contributed by atoms with Crippen LogP contribution in [-0.2, 0) is 10.0 Å². The van der Waals surface area contributed by atoms with E-state index in [2.05, 4.69) is 26.6 Å². The van der Waals surface area contributed by atoms with E-state index in [9.17, 15) is 18.0 Å². The van der Waals surface area contributed by atoms with Gasteiger partial charge in [-0.2, -0.15) is 9.84 Å². The fourth-order valence-electron chi connectivity index (χ4n) is 4.61. The number of anilines is 2. The van der Waals surface area contributed by atoms with E-state index >= 15 is 0 Å². The Morgan fingerprint density at radius 2 is 1.24 bits per heavy atom. The molecule has 2 saturated heterocycles. The van der Waals surface area contributed by atoms with Crippen LogP contribution in [0.1, 0.15) is 50.2 Å². The van der Waals surface area contributed by atoms with E-state index < -0.39 is 10.0 Å². The summed E-state index contributed by atoms with van der Waals surface area (Å²) in [6, 6.07) is 15.3. The van der Waals surface area contributed by atoms with Crippen LogP contribution in [0, 0.1) is 45.0 Å². The van der Waals surface area contributed by atoms with E-state index in [0.717, 1.165) is 42.9 Å². The van der Waals surface area contributed by atoms with Gasteiger partial charge in [0, 0.05) is 67.7 Å². The molecule has 0 saturated carbocycles. The van der Waals surface area contributed by atoms with Crippen LogP contribution in [0.2, 0.25) is 0 Å². The average molecular weight is 847 g/mol. The van der Waals surface area contributed by atoms with Crippen molar-refractivity contribution in [3.05, 3.63) is 59.7 Å². The Bertz CT molecular complexity index is 1190. The zero-order chi connectivity index (χ0) is 31.0. The Balaban J connectivity index is 0.000000412. The molecular formula is C29H47N6O4PSU. The van der Waals surface area contributed by atoms with Crippen molar-refractivity contribution in [3.63, 3.8) is 0 Å². The van der Waals surface area contributed by atoms with Crippen LogP contribution in [0.25, 0.3) is 0 Å². The summed E-state index contributed by atoms with van der Waals surface area (Å²) >= 11 is 0. The number of amides is 4. The van der Waals surface area contributed by atoms with E-state index in [4.69, 9.17) is 1.28 Å². The minimum atomic E-state index is -3.13. The van der Waals surface area contributed by atoms with Crippen molar-refractivity contribution in [3.8, 4) is 0 Å². The molecule has 2 aromatic rings. The maximum absolute atomic E-state index is 12.0. The maximum atomic E-state index is 12.0. The predicted molar refractivity (Wildman–Crippen MR) is 172 cm³/mol. The molecule has 4 rings (SSSR count). The Morgan fingerprint density at radius 3 is 1.64 bits per heavy atom. The molecule has 0 spiro atoms. The van der Waals surface area contributed by atoms with Crippen LogP contribution in [0.15, 0.2) is 48.5 Å². The third kappa shape index (κ3) is 13.7. The summed E-state index contributed by atoms with van der Waals surface area (Å²) in [7, 11) is -1.47. The molecule has 4 amide bonds. The summed E-state index contributed by atoms with van der Waals surface area (Å²) in [6.45, 7) is 8.78. The quantitative estimate of drug-likeness (QED) is 0.267. The number of carbonyl (C=O) groups is 2. The molecule has 2 aliphatic rings. The number of aryl methyl sites for hydroxylation is 2. The third-order valence-corrected chi connectivity index (χ3v) is 9.01. The standard InChI is InChI=1S/C16H25N3O3S.C13H19N3O.H3P.U/c1-3-12-23(21,22)19-10-8-15(9-11-19)18-16(20)17-14-6-4-13(2)5-7-14;1-10-2-4-11(5-3-10)15-13(17)16-12-6-8-14-9-7-12;;/h4-7,15H,3,8-12H2,1-2H3,(H2,17,18,20);2-5,12,14H,6-9H2,1H3,(H2,15,16,17);1H3;/i;;1T;. The Labute approximate surface area is 279 Å². The zero-order valence-electron chi connectivity index (χ0n) is 25.9. The first kappa shape index (κ1) is 36.5. The van der Waals surface area contributed by atoms with Crippen molar-refractivity contribution in [1.29, 1.82) is 1.28 Å². The zero-order valence-corrected chi connectivity index (χ0v) is 31.0. The number of nitrogens with one attached hydrogen (secondary N) is 5. The second kappa shape index (κ2) is 19.6. The summed E-state index contributed by atoms with van der Waals surface area (Å²) in [4.78, 5) is 23.7. The van der Waals surface area contributed by atoms with Gasteiger partial charge in [-0.05, 0) is 83.3 Å². The molecule has 0 aromatic heterocycles. The monoisotopic (exact) mass is 846 g/mol. The van der Waals surface area contributed by atoms with Gasteiger partial charge in [0.2, 0.25) is 10.0 Å².